The molecule has 0 bridgehead atoms. The second kappa shape index (κ2) is 17.7. The molecule has 0 spiro atoms. The summed E-state index contributed by atoms with van der Waals surface area (Å²) >= 11 is 0. The number of amides is 3. The van der Waals surface area contributed by atoms with Crippen LogP contribution in [-0.2, 0) is 41.4 Å². The summed E-state index contributed by atoms with van der Waals surface area (Å²) in [5, 5.41) is 20.4. The van der Waals surface area contributed by atoms with Gasteiger partial charge in [-0.05, 0) is 125 Å². The van der Waals surface area contributed by atoms with Crippen molar-refractivity contribution in [3.05, 3.63) is 94.2 Å². The molecule has 10 rings (SSSR count). The summed E-state index contributed by atoms with van der Waals surface area (Å²) in [6.07, 6.45) is 8.51. The van der Waals surface area contributed by atoms with Crippen molar-refractivity contribution in [1.82, 2.24) is 23.9 Å². The molecule has 0 saturated carbocycles. The number of nitrogens with zero attached hydrogens (tertiary/aromatic N) is 8. The summed E-state index contributed by atoms with van der Waals surface area (Å²) in [5.41, 5.74) is 7.81. The maximum Gasteiger partial charge on any atom is 0.293 e. The number of nitrogens with one attached hydrogen (secondary N) is 3. The van der Waals surface area contributed by atoms with Gasteiger partial charge < -0.3 is 49.8 Å². The smallest absolute Gasteiger partial charge is 0.293 e. The normalized spacial score (nSPS) is 25.2. The highest BCUT2D eigenvalue weighted by molar-refractivity contribution is 6.06. The van der Waals surface area contributed by atoms with E-state index >= 15 is 0 Å². The van der Waals surface area contributed by atoms with Crippen LogP contribution in [0.1, 0.15) is 94.5 Å². The van der Waals surface area contributed by atoms with Gasteiger partial charge in [-0.2, -0.15) is 0 Å². The summed E-state index contributed by atoms with van der Waals surface area (Å²) in [6.45, 7) is 21.9. The van der Waals surface area contributed by atoms with Gasteiger partial charge in [0, 0.05) is 99.9 Å². The fourth-order valence-corrected chi connectivity index (χ4v) is 12.5. The van der Waals surface area contributed by atoms with Crippen molar-refractivity contribution in [3.63, 3.8) is 0 Å². The van der Waals surface area contributed by atoms with Crippen molar-refractivity contribution in [2.75, 3.05) is 76.5 Å². The Hall–Kier alpha value is -6.13. The Morgan fingerprint density at radius 3 is 2.46 bits per heavy atom. The largest absolute Gasteiger partial charge is 0.394 e. The molecular formula is C53H69N11O5. The van der Waals surface area contributed by atoms with E-state index in [0.717, 1.165) is 99.6 Å². The lowest BCUT2D eigenvalue weighted by Crippen LogP contribution is -2.60. The van der Waals surface area contributed by atoms with Gasteiger partial charge in [0.05, 0.1) is 35.5 Å². The zero-order valence-electron chi connectivity index (χ0n) is 41.3. The topological polar surface area (TPSA) is 164 Å². The molecule has 1 aliphatic carbocycles. The highest BCUT2D eigenvalue weighted by atomic mass is 16.3. The summed E-state index contributed by atoms with van der Waals surface area (Å²) < 4.78 is 3.72. The van der Waals surface area contributed by atoms with E-state index in [2.05, 4.69) is 93.8 Å². The van der Waals surface area contributed by atoms with Crippen LogP contribution in [0, 0.1) is 5.41 Å². The average molecular weight is 940 g/mol. The number of fused-ring (bicyclic) bond motifs is 4. The van der Waals surface area contributed by atoms with Gasteiger partial charge in [-0.3, -0.25) is 24.1 Å². The highest BCUT2D eigenvalue weighted by Gasteiger charge is 2.43. The van der Waals surface area contributed by atoms with Crippen LogP contribution < -0.4 is 36.2 Å². The number of aliphatic hydroxyl groups is 1. The molecule has 3 saturated heterocycles. The number of benzene rings is 2. The van der Waals surface area contributed by atoms with Crippen LogP contribution in [0.4, 0.5) is 40.1 Å². The van der Waals surface area contributed by atoms with Crippen LogP contribution in [0.25, 0.3) is 0 Å². The SMILES string of the molecule is C=CC(=O)Nc1cc(Nc2nc(N3CCCC(N4CCn5c(cc6c5CC(C)(C)C6)C4=O)C3CO)cn(C)c2=O)ccc1N1CCN(C2CCN(c3ccc4c(c3)NC(=O)C4(C)C)[C@H](C)C2)C[C@@H]1C. The Bertz CT molecular complexity index is 2780. The first kappa shape index (κ1) is 46.6. The zero-order chi connectivity index (χ0) is 48.7. The second-order valence-corrected chi connectivity index (χ2v) is 21.8. The van der Waals surface area contributed by atoms with Gasteiger partial charge in [0.1, 0.15) is 11.5 Å². The minimum atomic E-state index is -0.524. The Morgan fingerprint density at radius 2 is 1.71 bits per heavy atom. The number of rotatable bonds is 10. The number of piperidine rings is 2. The quantitative estimate of drug-likeness (QED) is 0.141. The third kappa shape index (κ3) is 8.36. The van der Waals surface area contributed by atoms with Gasteiger partial charge in [-0.15, -0.1) is 0 Å². The van der Waals surface area contributed by atoms with Gasteiger partial charge in [0.15, 0.2) is 5.82 Å². The molecule has 4 aromatic rings. The van der Waals surface area contributed by atoms with Crippen molar-refractivity contribution in [2.45, 2.75) is 122 Å². The van der Waals surface area contributed by atoms with Crippen LogP contribution in [0.15, 0.2) is 66.1 Å². The van der Waals surface area contributed by atoms with E-state index in [1.54, 1.807) is 13.2 Å². The van der Waals surface area contributed by atoms with E-state index in [0.29, 0.717) is 42.4 Å². The molecule has 7 heterocycles. The van der Waals surface area contributed by atoms with Crippen molar-refractivity contribution in [1.29, 1.82) is 0 Å². The third-order valence-corrected chi connectivity index (χ3v) is 16.2. The molecule has 2 aromatic carbocycles. The molecule has 2 aromatic heterocycles. The molecule has 69 heavy (non-hydrogen) atoms. The van der Waals surface area contributed by atoms with Gasteiger partial charge in [0.25, 0.3) is 11.5 Å². The highest BCUT2D eigenvalue weighted by Crippen LogP contribution is 2.42. The van der Waals surface area contributed by atoms with Gasteiger partial charge >= 0.3 is 0 Å². The maximum atomic E-state index is 14.2. The van der Waals surface area contributed by atoms with Crippen LogP contribution in [-0.4, -0.2) is 123 Å². The molecule has 5 aliphatic heterocycles. The molecule has 16 nitrogen and oxygen atoms in total. The van der Waals surface area contributed by atoms with Crippen LogP contribution >= 0.6 is 0 Å². The number of carbonyl (C=O) groups excluding carboxylic acids is 3. The molecule has 3 fully saturated rings. The predicted octanol–water partition coefficient (Wildman–Crippen LogP) is 5.86. The first-order chi connectivity index (χ1) is 32.9. The third-order valence-electron chi connectivity index (χ3n) is 16.2. The van der Waals surface area contributed by atoms with Crippen LogP contribution in [0.3, 0.4) is 0 Å². The van der Waals surface area contributed by atoms with Crippen molar-refractivity contribution in [3.8, 4) is 0 Å². The minimum absolute atomic E-state index is 0.00887. The van der Waals surface area contributed by atoms with Gasteiger partial charge in [0.2, 0.25) is 11.8 Å². The number of carbonyl (C=O) groups is 3. The molecule has 16 heteroatoms. The van der Waals surface area contributed by atoms with Gasteiger partial charge in [-0.1, -0.05) is 26.5 Å². The Morgan fingerprint density at radius 1 is 0.913 bits per heavy atom. The standard InChI is InChI=1S/C53H69N11O5/c1-9-47(66)55-40-25-35(12-15-41(40)61-20-19-59(29-33(61)3)36-16-18-60(32(2)23-36)37-13-14-38-39(26-37)56-51(69)53(38,6)7)54-48-50(68)58(8)30-46(57-48)63-17-10-11-42(45(63)31-65)64-22-21-62-43(49(64)67)24-34-27-52(4,5)28-44(34)62/h9,12-15,24-26,30,32-33,36,42,45,65H,1,10-11,16-23,27-29,31H2,2-8H3,(H,54,57)(H,55,66)(H,56,69)/t32-,33+,36?,42?,45?/m1/s1. The Balaban J connectivity index is 0.826. The molecular weight excluding hydrogens is 871 g/mol. The van der Waals surface area contributed by atoms with Crippen molar-refractivity contribution in [2.24, 2.45) is 12.5 Å². The van der Waals surface area contributed by atoms with Crippen molar-refractivity contribution >= 4 is 57.8 Å². The van der Waals surface area contributed by atoms with E-state index in [-0.39, 0.29) is 53.2 Å². The molecule has 4 N–H and O–H groups in total. The molecule has 0 radical (unpaired) electrons. The molecule has 366 valence electrons. The molecule has 6 aliphatic rings. The first-order valence-electron chi connectivity index (χ1n) is 25.0. The number of aryl methyl sites for hydroxylation is 1. The molecule has 3 unspecified atom stereocenters. The number of aromatic nitrogens is 3. The summed E-state index contributed by atoms with van der Waals surface area (Å²) in [7, 11) is 1.69. The zero-order valence-corrected chi connectivity index (χ0v) is 41.3. The average Bonchev–Trinajstić information content (AvgIpc) is 3.90. The summed E-state index contributed by atoms with van der Waals surface area (Å²) in [6, 6.07) is 14.5. The fraction of sp³-hybridized carbons (Fsp3) is 0.528. The van der Waals surface area contributed by atoms with E-state index in [1.807, 2.05) is 41.8 Å². The lowest BCUT2D eigenvalue weighted by atomic mass is 9.86. The van der Waals surface area contributed by atoms with Gasteiger partial charge in [-0.25, -0.2) is 4.98 Å². The number of aliphatic hydroxyl groups excluding tert-OH is 1. The lowest BCUT2D eigenvalue weighted by Gasteiger charge is -2.48. The van der Waals surface area contributed by atoms with E-state index < -0.39 is 11.5 Å². The summed E-state index contributed by atoms with van der Waals surface area (Å²) in [4.78, 5) is 69.8. The second-order valence-electron chi connectivity index (χ2n) is 21.8. The maximum absolute atomic E-state index is 14.2. The van der Waals surface area contributed by atoms with Crippen LogP contribution in [0.2, 0.25) is 0 Å². The number of piperazine rings is 1. The van der Waals surface area contributed by atoms with E-state index in [9.17, 15) is 24.3 Å². The minimum Gasteiger partial charge on any atom is -0.394 e. The monoisotopic (exact) mass is 940 g/mol. The Kier molecular flexibility index (Phi) is 11.9. The van der Waals surface area contributed by atoms with E-state index in [1.165, 1.54) is 21.9 Å². The summed E-state index contributed by atoms with van der Waals surface area (Å²) in [5.74, 6) is 0.355. The number of hydrogen-bond acceptors (Lipinski definition) is 11. The predicted molar refractivity (Wildman–Crippen MR) is 272 cm³/mol. The lowest BCUT2D eigenvalue weighted by molar-refractivity contribution is -0.119. The number of anilines is 7. The Labute approximate surface area is 405 Å². The van der Waals surface area contributed by atoms with E-state index in [4.69, 9.17) is 4.98 Å². The number of hydrogen-bond donors (Lipinski definition) is 4. The molecule has 3 amide bonds. The van der Waals surface area contributed by atoms with Crippen LogP contribution in [0.5, 0.6) is 0 Å². The fourth-order valence-electron chi connectivity index (χ4n) is 12.5. The first-order valence-corrected chi connectivity index (χ1v) is 25.0. The molecule has 5 atom stereocenters. The van der Waals surface area contributed by atoms with Crippen molar-refractivity contribution < 1.29 is 19.5 Å².